The lowest BCUT2D eigenvalue weighted by molar-refractivity contribution is 0.0960. The van der Waals surface area contributed by atoms with E-state index < -0.39 is 0 Å². The average molecular weight is 295 g/mol. The number of carbonyl (C=O) groups excluding carboxylic acids is 1. The fourth-order valence-corrected chi connectivity index (χ4v) is 4.45. The van der Waals surface area contributed by atoms with Gasteiger partial charge in [-0.15, -0.1) is 0 Å². The van der Waals surface area contributed by atoms with Gasteiger partial charge in [0.2, 0.25) is 0 Å². The first kappa shape index (κ1) is 15.1. The molecule has 0 aromatic carbocycles. The van der Waals surface area contributed by atoms with E-state index in [-0.39, 0.29) is 11.4 Å². The number of methoxy groups -OCH3 is 1. The van der Waals surface area contributed by atoms with Crippen LogP contribution in [0.2, 0.25) is 0 Å². The van der Waals surface area contributed by atoms with Crippen LogP contribution in [0.5, 0.6) is 0 Å². The summed E-state index contributed by atoms with van der Waals surface area (Å²) in [5, 5.41) is 0. The predicted molar refractivity (Wildman–Crippen MR) is 82.3 cm³/mol. The van der Waals surface area contributed by atoms with Gasteiger partial charge in [0.25, 0.3) is 0 Å². The van der Waals surface area contributed by atoms with E-state index in [2.05, 4.69) is 16.7 Å². The van der Waals surface area contributed by atoms with Crippen molar-refractivity contribution in [1.82, 2.24) is 14.7 Å². The molecule has 120 valence electrons. The molecule has 5 nitrogen and oxygen atoms in total. The monoisotopic (exact) mass is 295 g/mol. The van der Waals surface area contributed by atoms with Crippen LogP contribution in [-0.4, -0.2) is 80.3 Å². The lowest BCUT2D eigenvalue weighted by Crippen LogP contribution is -2.43. The number of hydrogen-bond acceptors (Lipinski definition) is 3. The molecule has 21 heavy (non-hydrogen) atoms. The van der Waals surface area contributed by atoms with Crippen LogP contribution in [0.1, 0.15) is 26.2 Å². The van der Waals surface area contributed by atoms with Crippen molar-refractivity contribution >= 4 is 6.03 Å². The molecule has 0 saturated carbocycles. The van der Waals surface area contributed by atoms with Gasteiger partial charge in [-0.1, -0.05) is 6.92 Å². The molecule has 1 spiro atoms. The Morgan fingerprint density at radius 3 is 2.62 bits per heavy atom. The van der Waals surface area contributed by atoms with Crippen LogP contribution < -0.4 is 0 Å². The fourth-order valence-electron chi connectivity index (χ4n) is 4.45. The topological polar surface area (TPSA) is 36.0 Å². The first-order chi connectivity index (χ1) is 10.2. The first-order valence-electron chi connectivity index (χ1n) is 8.43. The lowest BCUT2D eigenvalue weighted by Gasteiger charge is -2.31. The van der Waals surface area contributed by atoms with Gasteiger partial charge in [0.05, 0.1) is 6.61 Å². The number of carbonyl (C=O) groups is 1. The van der Waals surface area contributed by atoms with Crippen molar-refractivity contribution in [3.8, 4) is 0 Å². The smallest absolute Gasteiger partial charge is 0.320 e. The molecule has 0 aliphatic carbocycles. The van der Waals surface area contributed by atoms with E-state index in [4.69, 9.17) is 4.74 Å². The van der Waals surface area contributed by atoms with Gasteiger partial charge in [-0.25, -0.2) is 4.79 Å². The Bertz CT molecular complexity index is 384. The van der Waals surface area contributed by atoms with E-state index in [0.717, 1.165) is 58.8 Å². The average Bonchev–Trinajstić information content (AvgIpc) is 3.21. The highest BCUT2D eigenvalue weighted by atomic mass is 16.5. The van der Waals surface area contributed by atoms with E-state index >= 15 is 0 Å². The summed E-state index contributed by atoms with van der Waals surface area (Å²) in [6, 6.07) is 0.274. The molecular weight excluding hydrogens is 266 g/mol. The minimum atomic E-state index is 0.265. The number of ether oxygens (including phenoxy) is 1. The maximum absolute atomic E-state index is 12.6. The van der Waals surface area contributed by atoms with Crippen LogP contribution in [0.25, 0.3) is 0 Å². The lowest BCUT2D eigenvalue weighted by atomic mass is 9.78. The summed E-state index contributed by atoms with van der Waals surface area (Å²) in [6.45, 7) is 10.1. The molecule has 0 radical (unpaired) electrons. The molecule has 0 N–H and O–H groups in total. The third-order valence-corrected chi connectivity index (χ3v) is 5.73. The molecule has 3 fully saturated rings. The summed E-state index contributed by atoms with van der Waals surface area (Å²) in [6.07, 6.45) is 3.47. The van der Waals surface area contributed by atoms with E-state index in [9.17, 15) is 4.79 Å². The number of rotatable bonds is 3. The molecule has 3 aliphatic rings. The first-order valence-corrected chi connectivity index (χ1v) is 8.43. The van der Waals surface area contributed by atoms with Crippen molar-refractivity contribution in [2.75, 3.05) is 59.5 Å². The van der Waals surface area contributed by atoms with Crippen molar-refractivity contribution in [2.24, 2.45) is 11.3 Å². The Balaban J connectivity index is 1.67. The second kappa shape index (κ2) is 6.13. The van der Waals surface area contributed by atoms with E-state index in [1.165, 1.54) is 12.8 Å². The maximum Gasteiger partial charge on any atom is 0.320 e. The molecule has 0 aromatic heterocycles. The molecule has 3 saturated heterocycles. The number of urea groups is 1. The summed E-state index contributed by atoms with van der Waals surface area (Å²) < 4.78 is 5.46. The van der Waals surface area contributed by atoms with Crippen LogP contribution in [0.3, 0.4) is 0 Å². The zero-order valence-corrected chi connectivity index (χ0v) is 13.5. The van der Waals surface area contributed by atoms with Gasteiger partial charge in [0, 0.05) is 57.7 Å². The van der Waals surface area contributed by atoms with Crippen molar-refractivity contribution in [3.63, 3.8) is 0 Å². The van der Waals surface area contributed by atoms with Gasteiger partial charge in [-0.3, -0.25) is 0 Å². The summed E-state index contributed by atoms with van der Waals surface area (Å²) in [5.74, 6) is 0.568. The predicted octanol–water partition coefficient (Wildman–Crippen LogP) is 1.49. The van der Waals surface area contributed by atoms with E-state index in [0.29, 0.717) is 5.92 Å². The standard InChI is InChI=1S/C16H29N3O2/c1-3-17-10-14(11-21-2)16(12-17)6-9-19(13-16)15(20)18-7-4-5-8-18/h14H,3-13H2,1-2H3/t14-,16+/m0/s1. The zero-order valence-electron chi connectivity index (χ0n) is 13.5. The molecule has 0 bridgehead atoms. The Morgan fingerprint density at radius 1 is 1.19 bits per heavy atom. The molecule has 2 amide bonds. The highest BCUT2D eigenvalue weighted by Crippen LogP contribution is 2.44. The van der Waals surface area contributed by atoms with Gasteiger partial charge in [0.15, 0.2) is 0 Å². The van der Waals surface area contributed by atoms with Crippen LogP contribution in [-0.2, 0) is 4.74 Å². The normalized spacial score (nSPS) is 33.5. The van der Waals surface area contributed by atoms with Crippen molar-refractivity contribution in [2.45, 2.75) is 26.2 Å². The summed E-state index contributed by atoms with van der Waals surface area (Å²) in [7, 11) is 1.80. The fraction of sp³-hybridized carbons (Fsp3) is 0.938. The van der Waals surface area contributed by atoms with Crippen molar-refractivity contribution in [3.05, 3.63) is 0 Å². The Hall–Kier alpha value is -0.810. The third-order valence-electron chi connectivity index (χ3n) is 5.73. The summed E-state index contributed by atoms with van der Waals surface area (Å²) in [4.78, 5) is 19.3. The van der Waals surface area contributed by atoms with Gasteiger partial charge in [-0.2, -0.15) is 0 Å². The highest BCUT2D eigenvalue weighted by molar-refractivity contribution is 5.75. The highest BCUT2D eigenvalue weighted by Gasteiger charge is 2.51. The van der Waals surface area contributed by atoms with Crippen LogP contribution in [0.4, 0.5) is 4.79 Å². The van der Waals surface area contributed by atoms with Gasteiger partial charge in [0.1, 0.15) is 0 Å². The van der Waals surface area contributed by atoms with E-state index in [1.54, 1.807) is 7.11 Å². The van der Waals surface area contributed by atoms with Gasteiger partial charge in [-0.05, 0) is 25.8 Å². The zero-order chi connectivity index (χ0) is 14.9. The molecule has 2 atom stereocenters. The molecule has 3 rings (SSSR count). The third kappa shape index (κ3) is 2.78. The van der Waals surface area contributed by atoms with Crippen LogP contribution in [0.15, 0.2) is 0 Å². The summed E-state index contributed by atoms with van der Waals surface area (Å²) in [5.41, 5.74) is 0.265. The minimum Gasteiger partial charge on any atom is -0.384 e. The molecule has 0 aromatic rings. The Morgan fingerprint density at radius 2 is 1.95 bits per heavy atom. The molecule has 0 unspecified atom stereocenters. The SMILES string of the molecule is CCN1C[C@@H](COC)[C@]2(CCN(C(=O)N3CCCC3)C2)C1. The second-order valence-electron chi connectivity index (χ2n) is 6.99. The quantitative estimate of drug-likeness (QED) is 0.791. The number of amides is 2. The molecule has 3 heterocycles. The summed E-state index contributed by atoms with van der Waals surface area (Å²) >= 11 is 0. The molecule has 3 aliphatic heterocycles. The van der Waals surface area contributed by atoms with Crippen molar-refractivity contribution < 1.29 is 9.53 Å². The number of nitrogens with zero attached hydrogens (tertiary/aromatic N) is 3. The Kier molecular flexibility index (Phi) is 4.41. The van der Waals surface area contributed by atoms with Crippen molar-refractivity contribution in [1.29, 1.82) is 0 Å². The van der Waals surface area contributed by atoms with Gasteiger partial charge >= 0.3 is 6.03 Å². The second-order valence-corrected chi connectivity index (χ2v) is 6.99. The largest absolute Gasteiger partial charge is 0.384 e. The van der Waals surface area contributed by atoms with E-state index in [1.807, 2.05) is 4.90 Å². The van der Waals surface area contributed by atoms with Crippen LogP contribution in [0, 0.1) is 11.3 Å². The molecule has 5 heteroatoms. The van der Waals surface area contributed by atoms with Crippen LogP contribution >= 0.6 is 0 Å². The molecular formula is C16H29N3O2. The minimum absolute atomic E-state index is 0.265. The number of likely N-dealkylation sites (tertiary alicyclic amines) is 3. The number of hydrogen-bond donors (Lipinski definition) is 0. The van der Waals surface area contributed by atoms with Gasteiger partial charge < -0.3 is 19.4 Å². The maximum atomic E-state index is 12.6. The Labute approximate surface area is 128 Å².